The molecule has 3 heteroatoms. The van der Waals surface area contributed by atoms with Gasteiger partial charge in [-0.2, -0.15) is 0 Å². The van der Waals surface area contributed by atoms with Gasteiger partial charge < -0.3 is 10.6 Å². The molecule has 1 aliphatic rings. The van der Waals surface area contributed by atoms with Crippen molar-refractivity contribution in [3.63, 3.8) is 0 Å². The largest absolute Gasteiger partial charge is 0.382 e. The number of benzene rings is 1. The van der Waals surface area contributed by atoms with Crippen molar-refractivity contribution in [1.82, 2.24) is 5.32 Å². The molecule has 1 fully saturated rings. The minimum absolute atomic E-state index is 0.0551. The SMILES string of the molecule is CNC(=O)Cc1ccc(NC2CC(C(C)C)C2)cc1. The van der Waals surface area contributed by atoms with Crippen LogP contribution in [0.25, 0.3) is 0 Å². The molecule has 0 atom stereocenters. The molecule has 1 amide bonds. The summed E-state index contributed by atoms with van der Waals surface area (Å²) in [4.78, 5) is 11.3. The normalized spacial score (nSPS) is 21.9. The second kappa shape index (κ2) is 6.09. The van der Waals surface area contributed by atoms with Crippen LogP contribution in [0, 0.1) is 11.8 Å². The van der Waals surface area contributed by atoms with E-state index < -0.39 is 0 Å². The molecule has 0 bridgehead atoms. The number of carbonyl (C=O) groups is 1. The van der Waals surface area contributed by atoms with Crippen molar-refractivity contribution < 1.29 is 4.79 Å². The molecule has 104 valence electrons. The fourth-order valence-corrected chi connectivity index (χ4v) is 2.55. The summed E-state index contributed by atoms with van der Waals surface area (Å²) in [5.41, 5.74) is 2.21. The van der Waals surface area contributed by atoms with Crippen LogP contribution in [-0.4, -0.2) is 19.0 Å². The van der Waals surface area contributed by atoms with E-state index in [4.69, 9.17) is 0 Å². The lowest BCUT2D eigenvalue weighted by molar-refractivity contribution is -0.119. The summed E-state index contributed by atoms with van der Waals surface area (Å²) < 4.78 is 0. The molecule has 0 saturated heterocycles. The van der Waals surface area contributed by atoms with Gasteiger partial charge in [-0.05, 0) is 42.4 Å². The fourth-order valence-electron chi connectivity index (χ4n) is 2.55. The van der Waals surface area contributed by atoms with Gasteiger partial charge in [0, 0.05) is 18.8 Å². The molecule has 2 rings (SSSR count). The Labute approximate surface area is 115 Å². The lowest BCUT2D eigenvalue weighted by Crippen LogP contribution is -2.37. The van der Waals surface area contributed by atoms with Gasteiger partial charge in [0.15, 0.2) is 0 Å². The third-order valence-electron chi connectivity index (χ3n) is 4.09. The van der Waals surface area contributed by atoms with E-state index in [0.29, 0.717) is 12.5 Å². The second-order valence-corrected chi connectivity index (χ2v) is 5.86. The number of anilines is 1. The quantitative estimate of drug-likeness (QED) is 0.854. The zero-order valence-electron chi connectivity index (χ0n) is 12.1. The number of rotatable bonds is 5. The molecule has 19 heavy (non-hydrogen) atoms. The molecule has 1 aromatic rings. The highest BCUT2D eigenvalue weighted by Gasteiger charge is 2.30. The van der Waals surface area contributed by atoms with E-state index in [1.165, 1.54) is 12.8 Å². The zero-order valence-corrected chi connectivity index (χ0v) is 12.1. The van der Waals surface area contributed by atoms with E-state index in [9.17, 15) is 4.79 Å². The average molecular weight is 260 g/mol. The number of carbonyl (C=O) groups excluding carboxylic acids is 1. The Morgan fingerprint density at radius 2 is 1.89 bits per heavy atom. The van der Waals surface area contributed by atoms with E-state index in [2.05, 4.69) is 36.6 Å². The Morgan fingerprint density at radius 1 is 1.26 bits per heavy atom. The van der Waals surface area contributed by atoms with Gasteiger partial charge in [-0.15, -0.1) is 0 Å². The van der Waals surface area contributed by atoms with E-state index in [1.807, 2.05) is 12.1 Å². The van der Waals surface area contributed by atoms with Crippen LogP contribution >= 0.6 is 0 Å². The third-order valence-corrected chi connectivity index (χ3v) is 4.09. The van der Waals surface area contributed by atoms with Crippen molar-refractivity contribution in [3.05, 3.63) is 29.8 Å². The number of amides is 1. The van der Waals surface area contributed by atoms with Gasteiger partial charge >= 0.3 is 0 Å². The summed E-state index contributed by atoms with van der Waals surface area (Å²) in [6.07, 6.45) is 3.00. The summed E-state index contributed by atoms with van der Waals surface area (Å²) in [5, 5.41) is 6.20. The smallest absolute Gasteiger partial charge is 0.224 e. The van der Waals surface area contributed by atoms with Crippen LogP contribution in [0.2, 0.25) is 0 Å². The van der Waals surface area contributed by atoms with Crippen molar-refractivity contribution in [3.8, 4) is 0 Å². The highest BCUT2D eigenvalue weighted by molar-refractivity contribution is 5.78. The molecule has 0 aliphatic heterocycles. The topological polar surface area (TPSA) is 41.1 Å². The Bertz CT molecular complexity index is 419. The van der Waals surface area contributed by atoms with Gasteiger partial charge in [0.2, 0.25) is 5.91 Å². The molecule has 1 aromatic carbocycles. The van der Waals surface area contributed by atoms with Crippen LogP contribution in [0.15, 0.2) is 24.3 Å². The first-order chi connectivity index (χ1) is 9.08. The standard InChI is InChI=1S/C16H24N2O/c1-11(2)13-9-15(10-13)18-14-6-4-12(5-7-14)8-16(19)17-3/h4-7,11,13,15,18H,8-10H2,1-3H3,(H,17,19). The summed E-state index contributed by atoms with van der Waals surface area (Å²) in [6.45, 7) is 4.60. The highest BCUT2D eigenvalue weighted by atomic mass is 16.1. The molecule has 0 unspecified atom stereocenters. The van der Waals surface area contributed by atoms with Crippen LogP contribution in [0.5, 0.6) is 0 Å². The minimum atomic E-state index is 0.0551. The molecular weight excluding hydrogens is 236 g/mol. The lowest BCUT2D eigenvalue weighted by Gasteiger charge is -2.39. The predicted octanol–water partition coefficient (Wildman–Crippen LogP) is 2.82. The maximum absolute atomic E-state index is 11.3. The molecule has 3 nitrogen and oxygen atoms in total. The Morgan fingerprint density at radius 3 is 2.42 bits per heavy atom. The molecule has 0 aromatic heterocycles. The maximum atomic E-state index is 11.3. The van der Waals surface area contributed by atoms with Crippen LogP contribution in [0.4, 0.5) is 5.69 Å². The number of hydrogen-bond acceptors (Lipinski definition) is 2. The first kappa shape index (κ1) is 13.9. The summed E-state index contributed by atoms with van der Waals surface area (Å²) in [5.74, 6) is 1.73. The third kappa shape index (κ3) is 3.72. The van der Waals surface area contributed by atoms with Crippen LogP contribution in [0.3, 0.4) is 0 Å². The number of hydrogen-bond donors (Lipinski definition) is 2. The van der Waals surface area contributed by atoms with Gasteiger partial charge in [0.1, 0.15) is 0 Å². The second-order valence-electron chi connectivity index (χ2n) is 5.86. The predicted molar refractivity (Wildman–Crippen MR) is 79.2 cm³/mol. The summed E-state index contributed by atoms with van der Waals surface area (Å²) >= 11 is 0. The van der Waals surface area contributed by atoms with Crippen LogP contribution in [0.1, 0.15) is 32.3 Å². The maximum Gasteiger partial charge on any atom is 0.224 e. The minimum Gasteiger partial charge on any atom is -0.382 e. The number of nitrogens with one attached hydrogen (secondary N) is 2. The van der Waals surface area contributed by atoms with E-state index in [0.717, 1.165) is 23.1 Å². The Balaban J connectivity index is 1.81. The van der Waals surface area contributed by atoms with Crippen LogP contribution < -0.4 is 10.6 Å². The van der Waals surface area contributed by atoms with Crippen molar-refractivity contribution in [2.75, 3.05) is 12.4 Å². The van der Waals surface area contributed by atoms with E-state index >= 15 is 0 Å². The van der Waals surface area contributed by atoms with Gasteiger partial charge in [-0.3, -0.25) is 4.79 Å². The van der Waals surface area contributed by atoms with Gasteiger partial charge in [0.05, 0.1) is 6.42 Å². The Hall–Kier alpha value is -1.51. The average Bonchev–Trinajstić information content (AvgIpc) is 2.34. The van der Waals surface area contributed by atoms with Gasteiger partial charge in [0.25, 0.3) is 0 Å². The van der Waals surface area contributed by atoms with E-state index in [1.54, 1.807) is 7.05 Å². The number of likely N-dealkylation sites (N-methyl/N-ethyl adjacent to an activating group) is 1. The lowest BCUT2D eigenvalue weighted by atomic mass is 9.73. The van der Waals surface area contributed by atoms with Gasteiger partial charge in [-0.1, -0.05) is 26.0 Å². The summed E-state index contributed by atoms with van der Waals surface area (Å²) in [7, 11) is 1.67. The highest BCUT2D eigenvalue weighted by Crippen LogP contribution is 2.35. The fraction of sp³-hybridized carbons (Fsp3) is 0.562. The molecule has 0 heterocycles. The van der Waals surface area contributed by atoms with Crippen molar-refractivity contribution in [2.24, 2.45) is 11.8 Å². The van der Waals surface area contributed by atoms with Gasteiger partial charge in [-0.25, -0.2) is 0 Å². The molecular formula is C16H24N2O. The Kier molecular flexibility index (Phi) is 4.46. The van der Waals surface area contributed by atoms with Crippen molar-refractivity contribution in [2.45, 2.75) is 39.2 Å². The molecule has 0 spiro atoms. The van der Waals surface area contributed by atoms with Crippen molar-refractivity contribution >= 4 is 11.6 Å². The molecule has 1 saturated carbocycles. The first-order valence-corrected chi connectivity index (χ1v) is 7.14. The molecule has 0 radical (unpaired) electrons. The summed E-state index contributed by atoms with van der Waals surface area (Å²) in [6, 6.07) is 8.81. The van der Waals surface area contributed by atoms with Crippen molar-refractivity contribution in [1.29, 1.82) is 0 Å². The van der Waals surface area contributed by atoms with E-state index in [-0.39, 0.29) is 5.91 Å². The molecule has 1 aliphatic carbocycles. The monoisotopic (exact) mass is 260 g/mol. The zero-order chi connectivity index (χ0) is 13.8. The first-order valence-electron chi connectivity index (χ1n) is 7.14. The van der Waals surface area contributed by atoms with Crippen LogP contribution in [-0.2, 0) is 11.2 Å². The molecule has 2 N–H and O–H groups in total.